The van der Waals surface area contributed by atoms with Gasteiger partial charge >= 0.3 is 0 Å². The van der Waals surface area contributed by atoms with Crippen LogP contribution in [0.5, 0.6) is 0 Å². The normalized spacial score (nSPS) is 9.86. The van der Waals surface area contributed by atoms with Crippen molar-refractivity contribution >= 4 is 39.8 Å². The third-order valence-corrected chi connectivity index (χ3v) is 5.92. The highest BCUT2D eigenvalue weighted by Gasteiger charge is 2.24. The SMILES string of the molecule is CBr.c1ccc([PH+](c2ccccc2)c2ccccc2)cc1. The van der Waals surface area contributed by atoms with Crippen LogP contribution in [0.1, 0.15) is 0 Å². The topological polar surface area (TPSA) is 0 Å². The Kier molecular flexibility index (Phi) is 6.66. The van der Waals surface area contributed by atoms with E-state index in [2.05, 4.69) is 107 Å². The Morgan fingerprint density at radius 1 is 0.476 bits per heavy atom. The molecule has 0 atom stereocenters. The van der Waals surface area contributed by atoms with E-state index in [1.54, 1.807) is 0 Å². The van der Waals surface area contributed by atoms with Gasteiger partial charge < -0.3 is 0 Å². The van der Waals surface area contributed by atoms with Crippen molar-refractivity contribution in [3.05, 3.63) is 91.0 Å². The Hall–Kier alpha value is -1.43. The Morgan fingerprint density at radius 3 is 0.952 bits per heavy atom. The van der Waals surface area contributed by atoms with Crippen molar-refractivity contribution in [2.24, 2.45) is 0 Å². The fourth-order valence-electron chi connectivity index (χ4n) is 2.31. The Labute approximate surface area is 136 Å². The summed E-state index contributed by atoms with van der Waals surface area (Å²) in [6.07, 6.45) is 0. The number of rotatable bonds is 3. The molecule has 0 saturated heterocycles. The average Bonchev–Trinajstić information content (AvgIpc) is 2.60. The lowest BCUT2D eigenvalue weighted by atomic mass is 10.4. The van der Waals surface area contributed by atoms with Crippen molar-refractivity contribution in [3.8, 4) is 0 Å². The van der Waals surface area contributed by atoms with E-state index in [1.165, 1.54) is 15.9 Å². The zero-order chi connectivity index (χ0) is 14.9. The van der Waals surface area contributed by atoms with E-state index in [4.69, 9.17) is 0 Å². The van der Waals surface area contributed by atoms with Crippen LogP contribution < -0.4 is 15.9 Å². The minimum Gasteiger partial charge on any atom is -0.0966 e. The number of benzene rings is 3. The number of halogens is 1. The maximum Gasteiger partial charge on any atom is 0.102 e. The molecule has 3 aromatic carbocycles. The summed E-state index contributed by atoms with van der Waals surface area (Å²) in [6, 6.07) is 32.5. The molecule has 106 valence electrons. The van der Waals surface area contributed by atoms with E-state index in [0.29, 0.717) is 0 Å². The summed E-state index contributed by atoms with van der Waals surface area (Å²) in [5, 5.41) is 4.31. The van der Waals surface area contributed by atoms with Gasteiger partial charge in [-0.3, -0.25) is 0 Å². The zero-order valence-electron chi connectivity index (χ0n) is 12.0. The molecule has 0 unspecified atom stereocenters. The molecule has 0 heterocycles. The molecular formula is C19H19BrP+. The molecule has 0 aliphatic heterocycles. The van der Waals surface area contributed by atoms with Crippen LogP contribution in [0.2, 0.25) is 0 Å². The summed E-state index contributed by atoms with van der Waals surface area (Å²) >= 11 is 2.94. The predicted octanol–water partition coefficient (Wildman–Crippen LogP) is 4.19. The molecule has 0 amide bonds. The minimum atomic E-state index is -0.877. The van der Waals surface area contributed by atoms with Crippen molar-refractivity contribution in [3.63, 3.8) is 0 Å². The largest absolute Gasteiger partial charge is 0.102 e. The maximum absolute atomic E-state index is 2.94. The maximum atomic E-state index is 2.94. The van der Waals surface area contributed by atoms with Gasteiger partial charge in [0.05, 0.1) is 7.92 Å². The first kappa shape index (κ1) is 15.9. The van der Waals surface area contributed by atoms with Crippen LogP contribution >= 0.6 is 23.9 Å². The lowest BCUT2D eigenvalue weighted by Crippen LogP contribution is -2.20. The lowest BCUT2D eigenvalue weighted by molar-refractivity contribution is 1.74. The smallest absolute Gasteiger partial charge is 0.0966 e. The van der Waals surface area contributed by atoms with Gasteiger partial charge in [0.2, 0.25) is 0 Å². The summed E-state index contributed by atoms with van der Waals surface area (Å²) < 4.78 is 0. The van der Waals surface area contributed by atoms with Crippen LogP contribution in [-0.4, -0.2) is 5.83 Å². The van der Waals surface area contributed by atoms with Crippen LogP contribution in [0.15, 0.2) is 91.0 Å². The molecular weight excluding hydrogens is 339 g/mol. The van der Waals surface area contributed by atoms with Gasteiger partial charge in [-0.05, 0) is 42.2 Å². The van der Waals surface area contributed by atoms with Crippen molar-refractivity contribution in [2.45, 2.75) is 0 Å². The molecule has 0 bridgehead atoms. The van der Waals surface area contributed by atoms with E-state index in [1.807, 2.05) is 5.83 Å². The first-order valence-electron chi connectivity index (χ1n) is 6.86. The van der Waals surface area contributed by atoms with Gasteiger partial charge in [0.25, 0.3) is 0 Å². The predicted molar refractivity (Wildman–Crippen MR) is 101 cm³/mol. The summed E-state index contributed by atoms with van der Waals surface area (Å²) in [6.45, 7) is 0. The van der Waals surface area contributed by atoms with Crippen molar-refractivity contribution in [1.82, 2.24) is 0 Å². The molecule has 0 N–H and O–H groups in total. The highest BCUT2D eigenvalue weighted by atomic mass is 79.9. The van der Waals surface area contributed by atoms with Gasteiger partial charge in [0.15, 0.2) is 0 Å². The minimum absolute atomic E-state index is 0.877. The summed E-state index contributed by atoms with van der Waals surface area (Å²) in [5.74, 6) is 1.81. The molecule has 0 fully saturated rings. The monoisotopic (exact) mass is 357 g/mol. The first-order chi connectivity index (χ1) is 10.4. The van der Waals surface area contributed by atoms with Gasteiger partial charge in [0.1, 0.15) is 15.9 Å². The second-order valence-electron chi connectivity index (χ2n) is 4.47. The summed E-state index contributed by atoms with van der Waals surface area (Å²) in [4.78, 5) is 0. The van der Waals surface area contributed by atoms with Crippen LogP contribution in [0.4, 0.5) is 0 Å². The van der Waals surface area contributed by atoms with E-state index < -0.39 is 7.92 Å². The van der Waals surface area contributed by atoms with Gasteiger partial charge in [-0.15, -0.1) is 0 Å². The third-order valence-electron chi connectivity index (χ3n) is 3.19. The third kappa shape index (κ3) is 4.27. The quantitative estimate of drug-likeness (QED) is 0.487. The van der Waals surface area contributed by atoms with Crippen LogP contribution in [0.25, 0.3) is 0 Å². The van der Waals surface area contributed by atoms with Gasteiger partial charge in [-0.1, -0.05) is 70.5 Å². The second-order valence-corrected chi connectivity index (χ2v) is 6.96. The molecule has 0 aliphatic rings. The van der Waals surface area contributed by atoms with Gasteiger partial charge in [-0.2, -0.15) is 0 Å². The molecule has 0 saturated carbocycles. The highest BCUT2D eigenvalue weighted by Crippen LogP contribution is 2.32. The zero-order valence-corrected chi connectivity index (χ0v) is 14.6. The molecule has 3 rings (SSSR count). The second kappa shape index (κ2) is 8.77. The van der Waals surface area contributed by atoms with Crippen LogP contribution in [0.3, 0.4) is 0 Å². The first-order valence-corrected chi connectivity index (χ1v) is 9.95. The standard InChI is InChI=1S/C18H15P.CH3Br/c1-4-10-16(11-5-1)19(17-12-6-2-7-13-17)18-14-8-3-9-15-18;1-2/h1-15H;1H3/p+1. The van der Waals surface area contributed by atoms with Gasteiger partial charge in [0, 0.05) is 0 Å². The van der Waals surface area contributed by atoms with E-state index in [9.17, 15) is 0 Å². The fourth-order valence-corrected chi connectivity index (χ4v) is 4.89. The van der Waals surface area contributed by atoms with Crippen LogP contribution in [0, 0.1) is 0 Å². The number of alkyl halides is 1. The fraction of sp³-hybridized carbons (Fsp3) is 0.0526. The Bertz CT molecular complexity index is 530. The van der Waals surface area contributed by atoms with Gasteiger partial charge in [-0.25, -0.2) is 0 Å². The molecule has 0 aromatic heterocycles. The van der Waals surface area contributed by atoms with Crippen molar-refractivity contribution in [1.29, 1.82) is 0 Å². The lowest BCUT2D eigenvalue weighted by Gasteiger charge is -2.10. The molecule has 2 heteroatoms. The van der Waals surface area contributed by atoms with E-state index in [-0.39, 0.29) is 0 Å². The average molecular weight is 358 g/mol. The van der Waals surface area contributed by atoms with Crippen molar-refractivity contribution < 1.29 is 0 Å². The summed E-state index contributed by atoms with van der Waals surface area (Å²) in [5.41, 5.74) is 0. The molecule has 3 aromatic rings. The highest BCUT2D eigenvalue weighted by molar-refractivity contribution is 9.08. The molecule has 0 aliphatic carbocycles. The van der Waals surface area contributed by atoms with Crippen molar-refractivity contribution in [2.75, 3.05) is 5.83 Å². The summed E-state index contributed by atoms with van der Waals surface area (Å²) in [7, 11) is -0.877. The van der Waals surface area contributed by atoms with Crippen LogP contribution in [-0.2, 0) is 0 Å². The molecule has 21 heavy (non-hydrogen) atoms. The number of hydrogen-bond acceptors (Lipinski definition) is 0. The molecule has 0 nitrogen and oxygen atoms in total. The van der Waals surface area contributed by atoms with E-state index >= 15 is 0 Å². The van der Waals surface area contributed by atoms with E-state index in [0.717, 1.165) is 0 Å². The Balaban J connectivity index is 0.000000774. The number of hydrogen-bond donors (Lipinski definition) is 0. The molecule has 0 radical (unpaired) electrons. The Morgan fingerprint density at radius 2 is 0.714 bits per heavy atom. The molecule has 0 spiro atoms.